The predicted octanol–water partition coefficient (Wildman–Crippen LogP) is 2.61. The molecule has 1 aromatic carbocycles. The molecule has 0 saturated heterocycles. The van der Waals surface area contributed by atoms with E-state index in [2.05, 4.69) is 45.1 Å². The molecule has 1 unspecified atom stereocenters. The van der Waals surface area contributed by atoms with Crippen LogP contribution in [-0.4, -0.2) is 25.1 Å². The van der Waals surface area contributed by atoms with Crippen LogP contribution in [0.5, 0.6) is 5.75 Å². The van der Waals surface area contributed by atoms with Crippen molar-refractivity contribution in [2.45, 2.75) is 52.0 Å². The van der Waals surface area contributed by atoms with Crippen LogP contribution in [-0.2, 0) is 10.2 Å². The summed E-state index contributed by atoms with van der Waals surface area (Å²) in [5, 5.41) is 3.13. The van der Waals surface area contributed by atoms with Gasteiger partial charge in [0.2, 0.25) is 5.91 Å². The quantitative estimate of drug-likeness (QED) is 0.774. The second-order valence-corrected chi connectivity index (χ2v) is 6.32. The van der Waals surface area contributed by atoms with Gasteiger partial charge in [-0.2, -0.15) is 0 Å². The van der Waals surface area contributed by atoms with Crippen LogP contribution in [0, 0.1) is 0 Å². The lowest BCUT2D eigenvalue weighted by atomic mass is 9.87. The third kappa shape index (κ3) is 6.17. The first-order valence-corrected chi connectivity index (χ1v) is 7.60. The van der Waals surface area contributed by atoms with Crippen LogP contribution in [0.1, 0.15) is 46.1 Å². The Bertz CT molecular complexity index is 435. The van der Waals surface area contributed by atoms with Crippen LogP contribution in [0.3, 0.4) is 0 Å². The Labute approximate surface area is 128 Å². The number of hydrogen-bond acceptors (Lipinski definition) is 3. The molecule has 21 heavy (non-hydrogen) atoms. The van der Waals surface area contributed by atoms with Gasteiger partial charge in [0.15, 0.2) is 0 Å². The van der Waals surface area contributed by atoms with Gasteiger partial charge in [-0.15, -0.1) is 0 Å². The van der Waals surface area contributed by atoms with Crippen LogP contribution >= 0.6 is 0 Å². The Kier molecular flexibility index (Phi) is 6.69. The number of nitrogens with one attached hydrogen (secondary N) is 1. The molecule has 0 heterocycles. The Hall–Kier alpha value is -1.55. The second kappa shape index (κ2) is 8.03. The number of hydrogen-bond donors (Lipinski definition) is 2. The van der Waals surface area contributed by atoms with Gasteiger partial charge in [-0.25, -0.2) is 0 Å². The lowest BCUT2D eigenvalue weighted by molar-refractivity contribution is -0.120. The van der Waals surface area contributed by atoms with Gasteiger partial charge in [-0.05, 0) is 36.1 Å². The minimum Gasteiger partial charge on any atom is -0.494 e. The minimum absolute atomic E-state index is 0.139. The maximum absolute atomic E-state index is 11.3. The average molecular weight is 292 g/mol. The molecular formula is C17H28N2O2. The zero-order valence-electron chi connectivity index (χ0n) is 13.6. The molecule has 3 N–H and O–H groups in total. The SMILES string of the molecule is CCCNC(CCOc1ccc(C(C)(C)C)cc1)C(N)=O. The van der Waals surface area contributed by atoms with Crippen LogP contribution in [0.4, 0.5) is 0 Å². The van der Waals surface area contributed by atoms with E-state index in [9.17, 15) is 4.79 Å². The maximum atomic E-state index is 11.3. The highest BCUT2D eigenvalue weighted by molar-refractivity contribution is 5.79. The van der Waals surface area contributed by atoms with Crippen molar-refractivity contribution in [1.29, 1.82) is 0 Å². The lowest BCUT2D eigenvalue weighted by Crippen LogP contribution is -2.42. The number of rotatable bonds is 8. The van der Waals surface area contributed by atoms with Gasteiger partial charge in [0, 0.05) is 6.42 Å². The van der Waals surface area contributed by atoms with E-state index in [1.165, 1.54) is 5.56 Å². The summed E-state index contributed by atoms with van der Waals surface area (Å²) in [7, 11) is 0. The van der Waals surface area contributed by atoms with E-state index in [4.69, 9.17) is 10.5 Å². The highest BCUT2D eigenvalue weighted by atomic mass is 16.5. The molecule has 0 fully saturated rings. The van der Waals surface area contributed by atoms with Gasteiger partial charge in [0.25, 0.3) is 0 Å². The zero-order chi connectivity index (χ0) is 15.9. The molecule has 0 aromatic heterocycles. The molecular weight excluding hydrogens is 264 g/mol. The first-order valence-electron chi connectivity index (χ1n) is 7.60. The first-order chi connectivity index (χ1) is 9.84. The van der Waals surface area contributed by atoms with E-state index in [0.29, 0.717) is 13.0 Å². The molecule has 0 radical (unpaired) electrons. The Morgan fingerprint density at radius 2 is 1.90 bits per heavy atom. The highest BCUT2D eigenvalue weighted by Gasteiger charge is 2.15. The van der Waals surface area contributed by atoms with Gasteiger partial charge in [0.05, 0.1) is 12.6 Å². The minimum atomic E-state index is -0.324. The Morgan fingerprint density at radius 3 is 2.38 bits per heavy atom. The van der Waals surface area contributed by atoms with Crippen molar-refractivity contribution < 1.29 is 9.53 Å². The molecule has 1 rings (SSSR count). The van der Waals surface area contributed by atoms with Crippen molar-refractivity contribution in [3.63, 3.8) is 0 Å². The number of primary amides is 1. The van der Waals surface area contributed by atoms with Gasteiger partial charge >= 0.3 is 0 Å². The van der Waals surface area contributed by atoms with E-state index in [-0.39, 0.29) is 17.4 Å². The van der Waals surface area contributed by atoms with Gasteiger partial charge in [0.1, 0.15) is 5.75 Å². The van der Waals surface area contributed by atoms with E-state index in [1.54, 1.807) is 0 Å². The summed E-state index contributed by atoms with van der Waals surface area (Å²) in [6.45, 7) is 9.85. The fourth-order valence-electron chi connectivity index (χ4n) is 2.01. The molecule has 0 aliphatic heterocycles. The summed E-state index contributed by atoms with van der Waals surface area (Å²) in [5.74, 6) is 0.497. The second-order valence-electron chi connectivity index (χ2n) is 6.32. The van der Waals surface area contributed by atoms with Gasteiger partial charge in [-0.3, -0.25) is 4.79 Å². The van der Waals surface area contributed by atoms with Gasteiger partial charge < -0.3 is 15.8 Å². The predicted molar refractivity (Wildman–Crippen MR) is 86.5 cm³/mol. The molecule has 4 heteroatoms. The molecule has 0 aliphatic rings. The van der Waals surface area contributed by atoms with Crippen LogP contribution in [0.15, 0.2) is 24.3 Å². The van der Waals surface area contributed by atoms with Crippen molar-refractivity contribution >= 4 is 5.91 Å². The fourth-order valence-corrected chi connectivity index (χ4v) is 2.01. The number of nitrogens with two attached hydrogens (primary N) is 1. The molecule has 0 aliphatic carbocycles. The van der Waals surface area contributed by atoms with Crippen molar-refractivity contribution in [3.8, 4) is 5.75 Å². The number of benzene rings is 1. The first kappa shape index (κ1) is 17.5. The molecule has 4 nitrogen and oxygen atoms in total. The molecule has 118 valence electrons. The molecule has 1 aromatic rings. The molecule has 0 bridgehead atoms. The van der Waals surface area contributed by atoms with Crippen LogP contribution in [0.2, 0.25) is 0 Å². The molecule has 0 spiro atoms. The van der Waals surface area contributed by atoms with Crippen molar-refractivity contribution in [2.24, 2.45) is 5.73 Å². The van der Waals surface area contributed by atoms with E-state index >= 15 is 0 Å². The molecule has 1 atom stereocenters. The molecule has 0 saturated carbocycles. The standard InChI is InChI=1S/C17H28N2O2/c1-5-11-19-15(16(18)20)10-12-21-14-8-6-13(7-9-14)17(2,3)4/h6-9,15,19H,5,10-12H2,1-4H3,(H2,18,20). The van der Waals surface area contributed by atoms with Crippen LogP contribution in [0.25, 0.3) is 0 Å². The summed E-state index contributed by atoms with van der Waals surface area (Å²) >= 11 is 0. The summed E-state index contributed by atoms with van der Waals surface area (Å²) in [6, 6.07) is 7.78. The van der Waals surface area contributed by atoms with Crippen LogP contribution < -0.4 is 15.8 Å². The lowest BCUT2D eigenvalue weighted by Gasteiger charge is -2.19. The van der Waals surface area contributed by atoms with Gasteiger partial charge in [-0.1, -0.05) is 39.8 Å². The third-order valence-electron chi connectivity index (χ3n) is 3.38. The number of carbonyl (C=O) groups excluding carboxylic acids is 1. The Morgan fingerprint density at radius 1 is 1.29 bits per heavy atom. The number of ether oxygens (including phenoxy) is 1. The highest BCUT2D eigenvalue weighted by Crippen LogP contribution is 2.24. The molecule has 1 amide bonds. The average Bonchev–Trinajstić information content (AvgIpc) is 2.41. The number of carbonyl (C=O) groups is 1. The monoisotopic (exact) mass is 292 g/mol. The normalized spacial score (nSPS) is 13.0. The Balaban J connectivity index is 2.46. The van der Waals surface area contributed by atoms with E-state index in [1.807, 2.05) is 12.1 Å². The summed E-state index contributed by atoms with van der Waals surface area (Å²) in [6.07, 6.45) is 1.55. The summed E-state index contributed by atoms with van der Waals surface area (Å²) in [5.41, 5.74) is 6.78. The number of amides is 1. The van der Waals surface area contributed by atoms with E-state index < -0.39 is 0 Å². The fraction of sp³-hybridized carbons (Fsp3) is 0.588. The largest absolute Gasteiger partial charge is 0.494 e. The third-order valence-corrected chi connectivity index (χ3v) is 3.38. The summed E-state index contributed by atoms with van der Waals surface area (Å²) in [4.78, 5) is 11.3. The zero-order valence-corrected chi connectivity index (χ0v) is 13.6. The topological polar surface area (TPSA) is 64.3 Å². The van der Waals surface area contributed by atoms with Crippen molar-refractivity contribution in [1.82, 2.24) is 5.32 Å². The van der Waals surface area contributed by atoms with Crippen molar-refractivity contribution in [2.75, 3.05) is 13.2 Å². The smallest absolute Gasteiger partial charge is 0.234 e. The maximum Gasteiger partial charge on any atom is 0.234 e. The van der Waals surface area contributed by atoms with Crippen molar-refractivity contribution in [3.05, 3.63) is 29.8 Å². The summed E-state index contributed by atoms with van der Waals surface area (Å²) < 4.78 is 5.69. The van der Waals surface area contributed by atoms with E-state index in [0.717, 1.165) is 18.7 Å².